The molecule has 138 valence electrons. The summed E-state index contributed by atoms with van der Waals surface area (Å²) in [7, 11) is 4.07. The van der Waals surface area contributed by atoms with Crippen LogP contribution in [0.4, 0.5) is 4.39 Å². The Kier molecular flexibility index (Phi) is 5.71. The number of rotatable bonds is 4. The molecule has 0 radical (unpaired) electrons. The van der Waals surface area contributed by atoms with Crippen molar-refractivity contribution in [2.24, 2.45) is 0 Å². The van der Waals surface area contributed by atoms with Gasteiger partial charge in [-0.25, -0.2) is 4.39 Å². The minimum absolute atomic E-state index is 0.00451. The highest BCUT2D eigenvalue weighted by Crippen LogP contribution is 2.33. The topological polar surface area (TPSA) is 42.0 Å². The van der Waals surface area contributed by atoms with Crippen molar-refractivity contribution in [2.45, 2.75) is 31.0 Å². The van der Waals surface area contributed by atoms with Crippen LogP contribution in [-0.2, 0) is 20.7 Å². The molecule has 2 saturated heterocycles. The van der Waals surface area contributed by atoms with Gasteiger partial charge < -0.3 is 19.3 Å². The number of hydrogen-bond acceptors (Lipinski definition) is 4. The maximum Gasteiger partial charge on any atom is 0.227 e. The molecule has 5 nitrogen and oxygen atoms in total. The van der Waals surface area contributed by atoms with E-state index in [2.05, 4.69) is 4.90 Å². The molecular weight excluding hydrogens is 323 g/mol. The van der Waals surface area contributed by atoms with Crippen LogP contribution in [0.5, 0.6) is 0 Å². The van der Waals surface area contributed by atoms with E-state index < -0.39 is 5.60 Å². The summed E-state index contributed by atoms with van der Waals surface area (Å²) in [5.41, 5.74) is 0.288. The Hall–Kier alpha value is -1.50. The highest BCUT2D eigenvalue weighted by Gasteiger charge is 2.43. The van der Waals surface area contributed by atoms with Crippen LogP contribution in [0.2, 0.25) is 0 Å². The molecule has 2 aliphatic heterocycles. The Bertz CT molecular complexity index is 610. The van der Waals surface area contributed by atoms with Crippen molar-refractivity contribution in [3.63, 3.8) is 0 Å². The molecule has 25 heavy (non-hydrogen) atoms. The van der Waals surface area contributed by atoms with Crippen LogP contribution in [0.3, 0.4) is 0 Å². The molecule has 1 aromatic rings. The quantitative estimate of drug-likeness (QED) is 0.829. The summed E-state index contributed by atoms with van der Waals surface area (Å²) in [5.74, 6) is -0.318. The predicted octanol–water partition coefficient (Wildman–Crippen LogP) is 1.71. The number of hydrogen-bond donors (Lipinski definition) is 0. The lowest BCUT2D eigenvalue weighted by atomic mass is 9.99. The molecule has 2 heterocycles. The molecule has 2 fully saturated rings. The number of carbonyl (C=O) groups excluding carboxylic acids is 1. The minimum atomic E-state index is -0.408. The highest BCUT2D eigenvalue weighted by atomic mass is 19.1. The van der Waals surface area contributed by atoms with Gasteiger partial charge in [0.25, 0.3) is 0 Å². The number of likely N-dealkylation sites (N-methyl/N-ethyl adjacent to an activating group) is 1. The van der Waals surface area contributed by atoms with Crippen LogP contribution < -0.4 is 0 Å². The molecule has 0 aromatic heterocycles. The molecule has 0 bridgehead atoms. The molecule has 2 aliphatic rings. The lowest BCUT2D eigenvalue weighted by Crippen LogP contribution is -2.47. The van der Waals surface area contributed by atoms with Crippen LogP contribution in [0.25, 0.3) is 0 Å². The summed E-state index contributed by atoms with van der Waals surface area (Å²) in [6.07, 6.45) is 2.26. The fourth-order valence-corrected chi connectivity index (χ4v) is 3.71. The van der Waals surface area contributed by atoms with Crippen LogP contribution in [0.15, 0.2) is 24.3 Å². The first-order valence-electron chi connectivity index (χ1n) is 8.88. The van der Waals surface area contributed by atoms with Gasteiger partial charge in [-0.15, -0.1) is 0 Å². The summed E-state index contributed by atoms with van der Waals surface area (Å²) in [6.45, 7) is 3.01. The second kappa shape index (κ2) is 7.81. The van der Waals surface area contributed by atoms with E-state index in [1.165, 1.54) is 12.1 Å². The number of ether oxygens (including phenoxy) is 2. The zero-order valence-corrected chi connectivity index (χ0v) is 15.0. The van der Waals surface area contributed by atoms with E-state index >= 15 is 0 Å². The summed E-state index contributed by atoms with van der Waals surface area (Å²) >= 11 is 0. The maximum absolute atomic E-state index is 13.3. The molecular formula is C19H27FN2O3. The van der Waals surface area contributed by atoms with Gasteiger partial charge in [0.1, 0.15) is 11.4 Å². The lowest BCUT2D eigenvalue weighted by Gasteiger charge is -2.32. The Labute approximate surface area is 148 Å². The predicted molar refractivity (Wildman–Crippen MR) is 92.9 cm³/mol. The third kappa shape index (κ3) is 4.77. The van der Waals surface area contributed by atoms with E-state index in [1.807, 2.05) is 19.0 Å². The van der Waals surface area contributed by atoms with Crippen LogP contribution in [0.1, 0.15) is 18.4 Å². The average Bonchev–Trinajstić information content (AvgIpc) is 2.79. The summed E-state index contributed by atoms with van der Waals surface area (Å²) in [4.78, 5) is 16.6. The van der Waals surface area contributed by atoms with Gasteiger partial charge in [0.2, 0.25) is 5.91 Å². The number of benzene rings is 1. The SMILES string of the molecule is CN(C)CC1CCC2(COCCN(C(=O)Cc3cccc(F)c3)C2)O1. The molecule has 1 aromatic carbocycles. The molecule has 0 N–H and O–H groups in total. The van der Waals surface area contributed by atoms with Gasteiger partial charge in [0, 0.05) is 13.1 Å². The van der Waals surface area contributed by atoms with Crippen LogP contribution in [-0.4, -0.2) is 74.4 Å². The second-order valence-corrected chi connectivity index (χ2v) is 7.40. The Morgan fingerprint density at radius 1 is 1.44 bits per heavy atom. The minimum Gasteiger partial charge on any atom is -0.377 e. The van der Waals surface area contributed by atoms with Crippen molar-refractivity contribution < 1.29 is 18.7 Å². The van der Waals surface area contributed by atoms with Gasteiger partial charge in [-0.1, -0.05) is 12.1 Å². The highest BCUT2D eigenvalue weighted by molar-refractivity contribution is 5.79. The molecule has 0 aliphatic carbocycles. The second-order valence-electron chi connectivity index (χ2n) is 7.40. The number of carbonyl (C=O) groups is 1. The van der Waals surface area contributed by atoms with Crippen LogP contribution in [0, 0.1) is 5.82 Å². The van der Waals surface area contributed by atoms with E-state index in [1.54, 1.807) is 12.1 Å². The van der Waals surface area contributed by atoms with E-state index in [4.69, 9.17) is 9.47 Å². The van der Waals surface area contributed by atoms with Crippen molar-refractivity contribution in [3.05, 3.63) is 35.6 Å². The fourth-order valence-electron chi connectivity index (χ4n) is 3.71. The standard InChI is InChI=1S/C19H27FN2O3/c1-21(2)12-17-6-7-19(25-17)13-22(8-9-24-14-19)18(23)11-15-4-3-5-16(20)10-15/h3-5,10,17H,6-9,11-14H2,1-2H3. The first-order chi connectivity index (χ1) is 12.0. The van der Waals surface area contributed by atoms with Crippen molar-refractivity contribution >= 4 is 5.91 Å². The van der Waals surface area contributed by atoms with E-state index in [9.17, 15) is 9.18 Å². The Morgan fingerprint density at radius 2 is 2.28 bits per heavy atom. The van der Waals surface area contributed by atoms with Gasteiger partial charge in [-0.05, 0) is 44.6 Å². The lowest BCUT2D eigenvalue weighted by molar-refractivity contribution is -0.135. The van der Waals surface area contributed by atoms with Gasteiger partial charge in [0.05, 0.1) is 32.3 Å². The summed E-state index contributed by atoms with van der Waals surface area (Å²) in [6, 6.07) is 6.22. The first kappa shape index (κ1) is 18.3. The molecule has 1 spiro atoms. The van der Waals surface area contributed by atoms with Crippen molar-refractivity contribution in [1.29, 1.82) is 0 Å². The smallest absolute Gasteiger partial charge is 0.227 e. The normalized spacial score (nSPS) is 27.0. The maximum atomic E-state index is 13.3. The third-order valence-corrected chi connectivity index (χ3v) is 4.85. The zero-order chi connectivity index (χ0) is 17.9. The Balaban J connectivity index is 1.64. The van der Waals surface area contributed by atoms with E-state index in [0.29, 0.717) is 31.9 Å². The summed E-state index contributed by atoms with van der Waals surface area (Å²) in [5, 5.41) is 0. The Morgan fingerprint density at radius 3 is 3.04 bits per heavy atom. The number of amides is 1. The van der Waals surface area contributed by atoms with Gasteiger partial charge >= 0.3 is 0 Å². The van der Waals surface area contributed by atoms with E-state index in [0.717, 1.165) is 19.4 Å². The monoisotopic (exact) mass is 350 g/mol. The van der Waals surface area contributed by atoms with Crippen molar-refractivity contribution in [3.8, 4) is 0 Å². The molecule has 1 amide bonds. The molecule has 6 heteroatoms. The molecule has 2 unspecified atom stereocenters. The number of halogens is 1. The van der Waals surface area contributed by atoms with Crippen molar-refractivity contribution in [1.82, 2.24) is 9.80 Å². The molecule has 3 rings (SSSR count). The largest absolute Gasteiger partial charge is 0.377 e. The van der Waals surface area contributed by atoms with E-state index in [-0.39, 0.29) is 24.2 Å². The van der Waals surface area contributed by atoms with Gasteiger partial charge in [-0.2, -0.15) is 0 Å². The number of nitrogens with zero attached hydrogens (tertiary/aromatic N) is 2. The van der Waals surface area contributed by atoms with Gasteiger partial charge in [0.15, 0.2) is 0 Å². The van der Waals surface area contributed by atoms with Crippen LogP contribution >= 0.6 is 0 Å². The fraction of sp³-hybridized carbons (Fsp3) is 0.632. The molecule has 2 atom stereocenters. The molecule has 0 saturated carbocycles. The summed E-state index contributed by atoms with van der Waals surface area (Å²) < 4.78 is 25.4. The van der Waals surface area contributed by atoms with Gasteiger partial charge in [-0.3, -0.25) is 4.79 Å². The third-order valence-electron chi connectivity index (χ3n) is 4.85. The van der Waals surface area contributed by atoms with Crippen molar-refractivity contribution in [2.75, 3.05) is 46.9 Å². The zero-order valence-electron chi connectivity index (χ0n) is 15.0. The average molecular weight is 350 g/mol. The first-order valence-corrected chi connectivity index (χ1v) is 8.88.